The summed E-state index contributed by atoms with van der Waals surface area (Å²) in [5.74, 6) is 2.03. The van der Waals surface area contributed by atoms with Gasteiger partial charge in [-0.2, -0.15) is 0 Å². The van der Waals surface area contributed by atoms with E-state index in [1.165, 1.54) is 0 Å². The van der Waals surface area contributed by atoms with Crippen LogP contribution in [0.4, 0.5) is 0 Å². The summed E-state index contributed by atoms with van der Waals surface area (Å²) < 4.78 is 45.3. The summed E-state index contributed by atoms with van der Waals surface area (Å²) in [6.45, 7) is 2.80. The molecule has 1 atom stereocenters. The predicted octanol–water partition coefficient (Wildman–Crippen LogP) is 4.48. The van der Waals surface area contributed by atoms with Crippen molar-refractivity contribution < 1.29 is 41.9 Å². The van der Waals surface area contributed by atoms with Gasteiger partial charge in [-0.3, -0.25) is 9.42 Å². The van der Waals surface area contributed by atoms with Crippen LogP contribution in [0.25, 0.3) is 12.2 Å². The van der Waals surface area contributed by atoms with Gasteiger partial charge in [0.05, 0.1) is 49.1 Å². The summed E-state index contributed by atoms with van der Waals surface area (Å²) in [4.78, 5) is 10.2. The molecular formula is C24H35NO8P+. The zero-order chi connectivity index (χ0) is 25.4. The van der Waals surface area contributed by atoms with E-state index in [0.717, 1.165) is 11.1 Å². The normalized spacial score (nSPS) is 13.4. The fourth-order valence-corrected chi connectivity index (χ4v) is 3.70. The third kappa shape index (κ3) is 8.25. The highest BCUT2D eigenvalue weighted by Crippen LogP contribution is 2.47. The number of hydrogen-bond donors (Lipinski definition) is 1. The van der Waals surface area contributed by atoms with Crippen LogP contribution in [0.15, 0.2) is 30.3 Å². The molecule has 0 amide bonds. The number of benzene rings is 2. The summed E-state index contributed by atoms with van der Waals surface area (Å²) in [7, 11) is 6.20. The van der Waals surface area contributed by atoms with Crippen LogP contribution in [0.1, 0.15) is 18.1 Å². The van der Waals surface area contributed by atoms with E-state index in [0.29, 0.717) is 40.6 Å². The second-order valence-corrected chi connectivity index (χ2v) is 9.72. The van der Waals surface area contributed by atoms with E-state index < -0.39 is 7.82 Å². The number of nitrogens with zero attached hydrogens (tertiary/aromatic N) is 1. The van der Waals surface area contributed by atoms with Crippen molar-refractivity contribution >= 4 is 20.0 Å². The van der Waals surface area contributed by atoms with E-state index in [9.17, 15) is 9.46 Å². The quantitative estimate of drug-likeness (QED) is 0.247. The molecule has 0 spiro atoms. The standard InChI is InChI=1S/C24H34NO8P/c1-8-31-20-12-11-18(15-21(20)33-34(26,27)32-14-13-25(2,3)4)9-10-19-16-22(28-5)24(30-7)23(17-19)29-6/h9-12,15-17H,8,13-14H2,1-7H3/p+1. The van der Waals surface area contributed by atoms with Gasteiger partial charge in [-0.15, -0.1) is 0 Å². The third-order valence-electron chi connectivity index (χ3n) is 4.65. The van der Waals surface area contributed by atoms with Gasteiger partial charge in [0.25, 0.3) is 0 Å². The maximum atomic E-state index is 12.5. The molecule has 0 fully saturated rings. The van der Waals surface area contributed by atoms with Crippen molar-refractivity contribution in [3.63, 3.8) is 0 Å². The second kappa shape index (κ2) is 12.1. The largest absolute Gasteiger partial charge is 0.527 e. The molecule has 0 aliphatic carbocycles. The summed E-state index contributed by atoms with van der Waals surface area (Å²) in [5, 5.41) is 0. The van der Waals surface area contributed by atoms with E-state index in [4.69, 9.17) is 28.0 Å². The number of methoxy groups -OCH3 is 3. The highest BCUT2D eigenvalue weighted by atomic mass is 31.2. The van der Waals surface area contributed by atoms with Gasteiger partial charge in [-0.25, -0.2) is 4.57 Å². The Kier molecular flexibility index (Phi) is 9.82. The van der Waals surface area contributed by atoms with Crippen molar-refractivity contribution in [2.75, 3.05) is 62.2 Å². The van der Waals surface area contributed by atoms with E-state index in [2.05, 4.69) is 0 Å². The molecule has 0 saturated heterocycles. The first-order valence-corrected chi connectivity index (χ1v) is 12.2. The molecule has 1 N–H and O–H groups in total. The van der Waals surface area contributed by atoms with Crippen molar-refractivity contribution in [2.24, 2.45) is 0 Å². The third-order valence-corrected chi connectivity index (χ3v) is 5.59. The molecule has 9 nitrogen and oxygen atoms in total. The number of hydrogen-bond acceptors (Lipinski definition) is 7. The lowest BCUT2D eigenvalue weighted by molar-refractivity contribution is -0.870. The van der Waals surface area contributed by atoms with Crippen molar-refractivity contribution in [3.8, 4) is 28.7 Å². The molecule has 0 aliphatic heterocycles. The van der Waals surface area contributed by atoms with Crippen LogP contribution in [0.5, 0.6) is 28.7 Å². The number of ether oxygens (including phenoxy) is 4. The molecule has 10 heteroatoms. The molecule has 0 aromatic heterocycles. The molecule has 2 aromatic carbocycles. The molecular weight excluding hydrogens is 461 g/mol. The zero-order valence-corrected chi connectivity index (χ0v) is 21.8. The van der Waals surface area contributed by atoms with Crippen molar-refractivity contribution in [1.29, 1.82) is 0 Å². The van der Waals surface area contributed by atoms with E-state index in [1.54, 1.807) is 33.5 Å². The van der Waals surface area contributed by atoms with Crippen LogP contribution in [0.3, 0.4) is 0 Å². The van der Waals surface area contributed by atoms with Gasteiger partial charge in [0.2, 0.25) is 5.75 Å². The zero-order valence-electron chi connectivity index (χ0n) is 20.9. The van der Waals surface area contributed by atoms with Crippen LogP contribution in [0.2, 0.25) is 0 Å². The monoisotopic (exact) mass is 496 g/mol. The Balaban J connectivity index is 2.29. The van der Waals surface area contributed by atoms with Crippen LogP contribution >= 0.6 is 7.82 Å². The molecule has 188 valence electrons. The van der Waals surface area contributed by atoms with Gasteiger partial charge in [-0.05, 0) is 42.3 Å². The topological polar surface area (TPSA) is 92.7 Å². The first-order valence-electron chi connectivity index (χ1n) is 10.7. The van der Waals surface area contributed by atoms with Gasteiger partial charge >= 0.3 is 7.82 Å². The highest BCUT2D eigenvalue weighted by Gasteiger charge is 2.26. The minimum absolute atomic E-state index is 0.0714. The molecule has 0 saturated carbocycles. The highest BCUT2D eigenvalue weighted by molar-refractivity contribution is 7.47. The Hall–Kier alpha value is -2.71. The molecule has 0 bridgehead atoms. The van der Waals surface area contributed by atoms with Crippen LogP contribution in [-0.2, 0) is 9.09 Å². The average molecular weight is 497 g/mol. The Morgan fingerprint density at radius 3 is 2.00 bits per heavy atom. The number of phosphoric acid groups is 1. The van der Waals surface area contributed by atoms with Gasteiger partial charge < -0.3 is 28.0 Å². The fourth-order valence-electron chi connectivity index (χ4n) is 2.95. The van der Waals surface area contributed by atoms with Crippen LogP contribution < -0.4 is 23.5 Å². The van der Waals surface area contributed by atoms with Gasteiger partial charge in [0.15, 0.2) is 23.0 Å². The predicted molar refractivity (Wildman–Crippen MR) is 132 cm³/mol. The summed E-state index contributed by atoms with van der Waals surface area (Å²) >= 11 is 0. The Morgan fingerprint density at radius 2 is 1.47 bits per heavy atom. The minimum atomic E-state index is -4.34. The number of phosphoric ester groups is 1. The van der Waals surface area contributed by atoms with Crippen LogP contribution in [-0.4, -0.2) is 71.6 Å². The number of likely N-dealkylation sites (N-methyl/N-ethyl adjacent to an activating group) is 1. The van der Waals surface area contributed by atoms with Crippen LogP contribution in [0, 0.1) is 0 Å². The average Bonchev–Trinajstić information content (AvgIpc) is 2.77. The molecule has 2 rings (SSSR count). The molecule has 1 unspecified atom stereocenters. The molecule has 2 aromatic rings. The van der Waals surface area contributed by atoms with E-state index >= 15 is 0 Å². The Labute approximate surface area is 201 Å². The van der Waals surface area contributed by atoms with Gasteiger partial charge in [0.1, 0.15) is 13.2 Å². The smallest absolute Gasteiger partial charge is 0.493 e. The second-order valence-electron chi connectivity index (χ2n) is 8.34. The van der Waals surface area contributed by atoms with Crippen molar-refractivity contribution in [2.45, 2.75) is 6.92 Å². The first-order chi connectivity index (χ1) is 16.0. The Morgan fingerprint density at radius 1 is 0.882 bits per heavy atom. The first kappa shape index (κ1) is 27.5. The lowest BCUT2D eigenvalue weighted by atomic mass is 10.1. The maximum Gasteiger partial charge on any atom is 0.527 e. The summed E-state index contributed by atoms with van der Waals surface area (Å²) in [5.41, 5.74) is 1.53. The minimum Gasteiger partial charge on any atom is -0.493 e. The van der Waals surface area contributed by atoms with Crippen molar-refractivity contribution in [3.05, 3.63) is 41.5 Å². The lowest BCUT2D eigenvalue weighted by Crippen LogP contribution is -2.37. The lowest BCUT2D eigenvalue weighted by Gasteiger charge is -2.24. The SMILES string of the molecule is CCOc1ccc(C=Cc2cc(OC)c(OC)c(OC)c2)cc1OP(=O)(O)OCC[N+](C)(C)C. The number of quaternary nitrogens is 1. The summed E-state index contributed by atoms with van der Waals surface area (Å²) in [6, 6.07) is 8.73. The fraction of sp³-hybridized carbons (Fsp3) is 0.417. The maximum absolute atomic E-state index is 12.5. The number of rotatable bonds is 13. The van der Waals surface area contributed by atoms with Gasteiger partial charge in [0, 0.05) is 0 Å². The summed E-state index contributed by atoms with van der Waals surface area (Å²) in [6.07, 6.45) is 3.67. The Bertz CT molecular complexity index is 1010. The molecule has 0 heterocycles. The molecule has 0 aliphatic rings. The molecule has 34 heavy (non-hydrogen) atoms. The van der Waals surface area contributed by atoms with Crippen molar-refractivity contribution in [1.82, 2.24) is 0 Å². The molecule has 0 radical (unpaired) electrons. The van der Waals surface area contributed by atoms with E-state index in [-0.39, 0.29) is 12.4 Å². The van der Waals surface area contributed by atoms with E-state index in [1.807, 2.05) is 58.4 Å². The van der Waals surface area contributed by atoms with Gasteiger partial charge in [-0.1, -0.05) is 18.2 Å².